The van der Waals surface area contributed by atoms with Crippen molar-refractivity contribution >= 4 is 0 Å². The molecule has 1 aliphatic heterocycles. The number of nitrogens with zero attached hydrogens (tertiary/aromatic N) is 3. The van der Waals surface area contributed by atoms with E-state index in [9.17, 15) is 0 Å². The van der Waals surface area contributed by atoms with Crippen LogP contribution in [0.25, 0.3) is 11.3 Å². The van der Waals surface area contributed by atoms with Crippen molar-refractivity contribution in [2.24, 2.45) is 5.92 Å². The molecule has 0 bridgehead atoms. The Morgan fingerprint density at radius 1 is 1.33 bits per heavy atom. The van der Waals surface area contributed by atoms with Gasteiger partial charge in [-0.15, -0.1) is 0 Å². The number of rotatable bonds is 4. The van der Waals surface area contributed by atoms with Crippen LogP contribution in [0.5, 0.6) is 0 Å². The molecule has 0 aromatic carbocycles. The summed E-state index contributed by atoms with van der Waals surface area (Å²) in [7, 11) is 0. The Kier molecular flexibility index (Phi) is 3.45. The average Bonchev–Trinajstić information content (AvgIpc) is 3.22. The zero-order valence-electron chi connectivity index (χ0n) is 12.0. The Morgan fingerprint density at radius 2 is 2.29 bits per heavy atom. The van der Waals surface area contributed by atoms with Crippen LogP contribution in [-0.4, -0.2) is 46.2 Å². The molecule has 3 heterocycles. The zero-order valence-corrected chi connectivity index (χ0v) is 12.0. The van der Waals surface area contributed by atoms with Crippen LogP contribution in [0.2, 0.25) is 0 Å². The van der Waals surface area contributed by atoms with Crippen LogP contribution in [0.1, 0.15) is 24.7 Å². The number of hydrogen-bond acceptors (Lipinski definition) is 4. The van der Waals surface area contributed by atoms with Crippen LogP contribution in [0.3, 0.4) is 0 Å². The van der Waals surface area contributed by atoms with Gasteiger partial charge in [-0.2, -0.15) is 0 Å². The minimum absolute atomic E-state index is 0.254. The van der Waals surface area contributed by atoms with Gasteiger partial charge in [0.2, 0.25) is 0 Å². The van der Waals surface area contributed by atoms with Crippen molar-refractivity contribution in [3.8, 4) is 11.3 Å². The maximum absolute atomic E-state index is 5.67. The summed E-state index contributed by atoms with van der Waals surface area (Å²) in [5, 5.41) is 0. The maximum atomic E-state index is 5.67. The zero-order chi connectivity index (χ0) is 14.1. The fraction of sp³-hybridized carbons (Fsp3) is 0.500. The van der Waals surface area contributed by atoms with Gasteiger partial charge in [0.15, 0.2) is 0 Å². The highest BCUT2D eigenvalue weighted by atomic mass is 16.5. The third kappa shape index (κ3) is 2.84. The van der Waals surface area contributed by atoms with Crippen LogP contribution in [0.4, 0.5) is 0 Å². The first-order valence-electron chi connectivity index (χ1n) is 7.67. The van der Waals surface area contributed by atoms with Crippen molar-refractivity contribution in [2.45, 2.75) is 18.9 Å². The Labute approximate surface area is 124 Å². The largest absolute Gasteiger partial charge is 0.378 e. The van der Waals surface area contributed by atoms with E-state index in [0.717, 1.165) is 42.8 Å². The lowest BCUT2D eigenvalue weighted by Gasteiger charge is -2.34. The second kappa shape index (κ2) is 5.58. The van der Waals surface area contributed by atoms with Crippen molar-refractivity contribution in [3.05, 3.63) is 36.5 Å². The summed E-state index contributed by atoms with van der Waals surface area (Å²) < 4.78 is 5.67. The molecule has 1 saturated carbocycles. The van der Waals surface area contributed by atoms with Crippen molar-refractivity contribution < 1.29 is 4.74 Å². The first-order valence-corrected chi connectivity index (χ1v) is 7.67. The van der Waals surface area contributed by atoms with Crippen LogP contribution in [-0.2, 0) is 4.74 Å². The highest BCUT2D eigenvalue weighted by molar-refractivity contribution is 5.56. The predicted molar refractivity (Wildman–Crippen MR) is 79.7 cm³/mol. The molecule has 0 radical (unpaired) electrons. The third-order valence-corrected chi connectivity index (χ3v) is 4.31. The molecule has 1 saturated heterocycles. The van der Waals surface area contributed by atoms with E-state index in [1.807, 2.05) is 24.5 Å². The molecule has 1 aliphatic carbocycles. The molecule has 2 aromatic heterocycles. The number of imidazole rings is 1. The summed E-state index contributed by atoms with van der Waals surface area (Å²) in [5.74, 6) is 1.90. The molecule has 4 rings (SSSR count). The fourth-order valence-electron chi connectivity index (χ4n) is 2.92. The minimum atomic E-state index is 0.254. The van der Waals surface area contributed by atoms with Gasteiger partial charge in [0.1, 0.15) is 5.82 Å². The van der Waals surface area contributed by atoms with Gasteiger partial charge in [-0.1, -0.05) is 0 Å². The quantitative estimate of drug-likeness (QED) is 0.935. The molecule has 2 fully saturated rings. The number of morpholine rings is 1. The SMILES string of the molecule is c1cncc(-c2cnc([C@@H]3COCCN3CC3CC3)[nH]2)c1. The number of ether oxygens (including phenoxy) is 1. The van der Waals surface area contributed by atoms with Crippen molar-refractivity contribution in [2.75, 3.05) is 26.3 Å². The molecule has 5 nitrogen and oxygen atoms in total. The fourth-order valence-corrected chi connectivity index (χ4v) is 2.92. The lowest BCUT2D eigenvalue weighted by atomic mass is 10.2. The monoisotopic (exact) mass is 284 g/mol. The van der Waals surface area contributed by atoms with Gasteiger partial charge in [-0.25, -0.2) is 4.98 Å². The van der Waals surface area contributed by atoms with Gasteiger partial charge >= 0.3 is 0 Å². The van der Waals surface area contributed by atoms with Gasteiger partial charge in [0.05, 0.1) is 31.1 Å². The standard InChI is InChI=1S/C16H20N4O/c1-2-13(8-17-5-1)14-9-18-16(19-14)15-11-21-7-6-20(15)10-12-3-4-12/h1-2,5,8-9,12,15H,3-4,6-7,10-11H2,(H,18,19)/t15-/m0/s1. The molecule has 0 amide bonds. The van der Waals surface area contributed by atoms with Crippen LogP contribution >= 0.6 is 0 Å². The van der Waals surface area contributed by atoms with E-state index < -0.39 is 0 Å². The average molecular weight is 284 g/mol. The molecule has 5 heteroatoms. The Hall–Kier alpha value is -1.72. The van der Waals surface area contributed by atoms with Gasteiger partial charge in [-0.05, 0) is 30.9 Å². The summed E-state index contributed by atoms with van der Waals surface area (Å²) in [6.07, 6.45) is 8.30. The second-order valence-corrected chi connectivity index (χ2v) is 5.95. The van der Waals surface area contributed by atoms with E-state index in [1.165, 1.54) is 19.4 Å². The van der Waals surface area contributed by atoms with Crippen LogP contribution in [0.15, 0.2) is 30.7 Å². The first-order chi connectivity index (χ1) is 10.4. The molecule has 2 aliphatic rings. The van der Waals surface area contributed by atoms with Crippen LogP contribution < -0.4 is 0 Å². The molecule has 2 aromatic rings. The predicted octanol–water partition coefficient (Wildman–Crippen LogP) is 2.25. The number of hydrogen-bond donors (Lipinski definition) is 1. The Bertz CT molecular complexity index is 593. The van der Waals surface area contributed by atoms with Gasteiger partial charge in [0.25, 0.3) is 0 Å². The highest BCUT2D eigenvalue weighted by Crippen LogP contribution is 2.33. The van der Waals surface area contributed by atoms with E-state index in [2.05, 4.69) is 19.9 Å². The Morgan fingerprint density at radius 3 is 3.10 bits per heavy atom. The summed E-state index contributed by atoms with van der Waals surface area (Å²) in [4.78, 5) is 14.7. The van der Waals surface area contributed by atoms with Crippen molar-refractivity contribution in [1.82, 2.24) is 19.9 Å². The maximum Gasteiger partial charge on any atom is 0.126 e. The first kappa shape index (κ1) is 13.0. The number of nitrogens with one attached hydrogen (secondary N) is 1. The second-order valence-electron chi connectivity index (χ2n) is 5.95. The van der Waals surface area contributed by atoms with Crippen LogP contribution in [0, 0.1) is 5.92 Å². The summed E-state index contributed by atoms with van der Waals surface area (Å²) in [6.45, 7) is 3.74. The highest BCUT2D eigenvalue weighted by Gasteiger charge is 2.32. The molecule has 21 heavy (non-hydrogen) atoms. The number of aromatic amines is 1. The summed E-state index contributed by atoms with van der Waals surface area (Å²) >= 11 is 0. The molecular weight excluding hydrogens is 264 g/mol. The van der Waals surface area contributed by atoms with E-state index in [1.54, 1.807) is 6.20 Å². The Balaban J connectivity index is 1.55. The summed E-state index contributed by atoms with van der Waals surface area (Å²) in [5.41, 5.74) is 2.09. The number of aromatic nitrogens is 3. The van der Waals surface area contributed by atoms with Crippen molar-refractivity contribution in [1.29, 1.82) is 0 Å². The lowest BCUT2D eigenvalue weighted by Crippen LogP contribution is -2.41. The molecule has 1 N–H and O–H groups in total. The van der Waals surface area contributed by atoms with E-state index in [-0.39, 0.29) is 6.04 Å². The smallest absolute Gasteiger partial charge is 0.126 e. The van der Waals surface area contributed by atoms with E-state index >= 15 is 0 Å². The minimum Gasteiger partial charge on any atom is -0.378 e. The number of pyridine rings is 1. The topological polar surface area (TPSA) is 54.0 Å². The molecule has 1 atom stereocenters. The third-order valence-electron chi connectivity index (χ3n) is 4.31. The summed E-state index contributed by atoms with van der Waals surface area (Å²) in [6, 6.07) is 4.24. The normalized spacial score (nSPS) is 23.3. The molecule has 0 unspecified atom stereocenters. The van der Waals surface area contributed by atoms with Gasteiger partial charge in [-0.3, -0.25) is 9.88 Å². The van der Waals surface area contributed by atoms with E-state index in [0.29, 0.717) is 0 Å². The number of H-pyrrole nitrogens is 1. The van der Waals surface area contributed by atoms with E-state index in [4.69, 9.17) is 4.74 Å². The lowest BCUT2D eigenvalue weighted by molar-refractivity contribution is -0.0134. The van der Waals surface area contributed by atoms with Crippen molar-refractivity contribution in [3.63, 3.8) is 0 Å². The van der Waals surface area contributed by atoms with Gasteiger partial charge < -0.3 is 9.72 Å². The van der Waals surface area contributed by atoms with Gasteiger partial charge in [0, 0.05) is 31.0 Å². The molecule has 110 valence electrons. The molecule has 0 spiro atoms. The molecular formula is C16H20N4O.